The molecule has 3 amide bonds. The molecule has 5 rings (SSSR count). The Morgan fingerprint density at radius 2 is 1.79 bits per heavy atom. The van der Waals surface area contributed by atoms with Crippen LogP contribution < -0.4 is 4.90 Å². The lowest BCUT2D eigenvalue weighted by atomic mass is 9.95. The number of imide groups is 1. The van der Waals surface area contributed by atoms with Crippen LogP contribution in [0.1, 0.15) is 23.1 Å². The molecule has 1 atom stereocenters. The highest BCUT2D eigenvalue weighted by Gasteiger charge is 2.46. The normalized spacial score (nSPS) is 17.2. The fraction of sp³-hybridized carbons (Fsp3) is 0.280. The average Bonchev–Trinajstić information content (AvgIpc) is 3.41. The Balaban J connectivity index is 1.27. The number of hydrogen-bond acceptors (Lipinski definition) is 5. The highest BCUT2D eigenvalue weighted by Crippen LogP contribution is 2.30. The summed E-state index contributed by atoms with van der Waals surface area (Å²) in [6.45, 7) is 1.91. The topological polar surface area (TPSA) is 78.8 Å². The number of carbonyl (C=O) groups excluding carboxylic acids is 3. The number of imidazole rings is 1. The van der Waals surface area contributed by atoms with Gasteiger partial charge in [-0.2, -0.15) is 0 Å². The maximum atomic E-state index is 13.0. The first-order valence-electron chi connectivity index (χ1n) is 11.1. The number of anilines is 1. The smallest absolute Gasteiger partial charge is 0.327 e. The Morgan fingerprint density at radius 3 is 2.58 bits per heavy atom. The Labute approximate surface area is 192 Å². The van der Waals surface area contributed by atoms with Gasteiger partial charge < -0.3 is 9.80 Å². The van der Waals surface area contributed by atoms with Gasteiger partial charge in [-0.05, 0) is 23.1 Å². The quantitative estimate of drug-likeness (QED) is 0.395. The first kappa shape index (κ1) is 20.9. The molecule has 1 aromatic heterocycles. The van der Waals surface area contributed by atoms with Crippen molar-refractivity contribution < 1.29 is 14.4 Å². The fourth-order valence-corrected chi connectivity index (χ4v) is 4.69. The van der Waals surface area contributed by atoms with E-state index in [1.807, 2.05) is 59.5 Å². The molecule has 1 saturated heterocycles. The molecular formula is C25H25N5O3. The Morgan fingerprint density at radius 1 is 1.03 bits per heavy atom. The van der Waals surface area contributed by atoms with Crippen LogP contribution in [0.25, 0.3) is 0 Å². The van der Waals surface area contributed by atoms with Crippen molar-refractivity contribution in [2.24, 2.45) is 0 Å². The third-order valence-electron chi connectivity index (χ3n) is 6.35. The summed E-state index contributed by atoms with van der Waals surface area (Å²) in [7, 11) is 0. The molecule has 168 valence electrons. The number of rotatable bonds is 8. The van der Waals surface area contributed by atoms with Crippen LogP contribution in [0.3, 0.4) is 0 Å². The molecule has 3 aromatic rings. The van der Waals surface area contributed by atoms with Crippen LogP contribution in [0, 0.1) is 0 Å². The van der Waals surface area contributed by atoms with E-state index in [0.717, 1.165) is 23.1 Å². The van der Waals surface area contributed by atoms with Crippen LogP contribution in [-0.4, -0.2) is 56.8 Å². The van der Waals surface area contributed by atoms with E-state index in [4.69, 9.17) is 0 Å². The van der Waals surface area contributed by atoms with Crippen molar-refractivity contribution >= 4 is 24.3 Å². The van der Waals surface area contributed by atoms with Gasteiger partial charge in [0.15, 0.2) is 0 Å². The summed E-state index contributed by atoms with van der Waals surface area (Å²) in [6.07, 6.45) is 5.07. The molecule has 3 heterocycles. The van der Waals surface area contributed by atoms with Gasteiger partial charge in [0, 0.05) is 45.0 Å². The SMILES string of the molecule is O=Cn1ccnc1N(CCCN1C(=O)[C@@H]2Cc3ccccc3CN2C1=O)Cc1ccccc1. The van der Waals surface area contributed by atoms with Crippen molar-refractivity contribution in [1.29, 1.82) is 0 Å². The lowest BCUT2D eigenvalue weighted by molar-refractivity contribution is -0.128. The maximum absolute atomic E-state index is 13.0. The molecule has 0 radical (unpaired) electrons. The number of aromatic nitrogens is 2. The predicted molar refractivity (Wildman–Crippen MR) is 123 cm³/mol. The molecule has 8 heteroatoms. The third-order valence-corrected chi connectivity index (χ3v) is 6.35. The van der Waals surface area contributed by atoms with E-state index in [1.165, 1.54) is 9.47 Å². The Hall–Kier alpha value is -3.94. The van der Waals surface area contributed by atoms with Gasteiger partial charge in [0.25, 0.3) is 5.91 Å². The maximum Gasteiger partial charge on any atom is 0.327 e. The Bertz CT molecular complexity index is 1130. The third kappa shape index (κ3) is 4.00. The first-order chi connectivity index (χ1) is 16.2. The van der Waals surface area contributed by atoms with Crippen molar-refractivity contribution in [3.8, 4) is 0 Å². The summed E-state index contributed by atoms with van der Waals surface area (Å²) < 4.78 is 1.44. The van der Waals surface area contributed by atoms with Gasteiger partial charge in [-0.1, -0.05) is 54.6 Å². The van der Waals surface area contributed by atoms with E-state index in [9.17, 15) is 14.4 Å². The van der Waals surface area contributed by atoms with Crippen molar-refractivity contribution in [2.75, 3.05) is 18.0 Å². The van der Waals surface area contributed by atoms with Crippen molar-refractivity contribution in [3.63, 3.8) is 0 Å². The zero-order valence-electron chi connectivity index (χ0n) is 18.2. The van der Waals surface area contributed by atoms with E-state index >= 15 is 0 Å². The second-order valence-corrected chi connectivity index (χ2v) is 8.39. The van der Waals surface area contributed by atoms with Crippen LogP contribution in [0.2, 0.25) is 0 Å². The average molecular weight is 444 g/mol. The molecule has 1 fully saturated rings. The molecule has 2 aliphatic heterocycles. The van der Waals surface area contributed by atoms with Gasteiger partial charge in [0.05, 0.1) is 0 Å². The summed E-state index contributed by atoms with van der Waals surface area (Å²) in [5.41, 5.74) is 3.32. The number of amides is 3. The second-order valence-electron chi connectivity index (χ2n) is 8.39. The lowest BCUT2D eigenvalue weighted by Gasteiger charge is -2.28. The number of nitrogens with zero attached hydrogens (tertiary/aromatic N) is 5. The zero-order chi connectivity index (χ0) is 22.8. The molecule has 0 spiro atoms. The van der Waals surface area contributed by atoms with Gasteiger partial charge in [-0.3, -0.25) is 19.1 Å². The Kier molecular flexibility index (Phi) is 5.64. The number of carbonyl (C=O) groups is 3. The molecule has 2 aromatic carbocycles. The van der Waals surface area contributed by atoms with Gasteiger partial charge in [0.1, 0.15) is 6.04 Å². The lowest BCUT2D eigenvalue weighted by Crippen LogP contribution is -2.39. The molecule has 0 N–H and O–H groups in total. The number of benzene rings is 2. The summed E-state index contributed by atoms with van der Waals surface area (Å²) in [4.78, 5) is 46.9. The molecule has 0 unspecified atom stereocenters. The van der Waals surface area contributed by atoms with Gasteiger partial charge in [0.2, 0.25) is 12.4 Å². The van der Waals surface area contributed by atoms with Crippen LogP contribution in [0.4, 0.5) is 10.7 Å². The highest BCUT2D eigenvalue weighted by atomic mass is 16.2. The van der Waals surface area contributed by atoms with E-state index < -0.39 is 6.04 Å². The van der Waals surface area contributed by atoms with E-state index in [0.29, 0.717) is 45.0 Å². The first-order valence-corrected chi connectivity index (χ1v) is 11.1. The van der Waals surface area contributed by atoms with Crippen LogP contribution in [0.15, 0.2) is 67.0 Å². The zero-order valence-corrected chi connectivity index (χ0v) is 18.2. The largest absolute Gasteiger partial charge is 0.338 e. The highest BCUT2D eigenvalue weighted by molar-refractivity contribution is 6.04. The van der Waals surface area contributed by atoms with Crippen molar-refractivity contribution in [1.82, 2.24) is 19.4 Å². The molecule has 8 nitrogen and oxygen atoms in total. The minimum absolute atomic E-state index is 0.126. The summed E-state index contributed by atoms with van der Waals surface area (Å²) in [6, 6.07) is 17.3. The van der Waals surface area contributed by atoms with Gasteiger partial charge in [-0.25, -0.2) is 9.78 Å². The van der Waals surface area contributed by atoms with Gasteiger partial charge in [-0.15, -0.1) is 0 Å². The predicted octanol–water partition coefficient (Wildman–Crippen LogP) is 2.71. The van der Waals surface area contributed by atoms with Crippen LogP contribution in [0.5, 0.6) is 0 Å². The van der Waals surface area contributed by atoms with E-state index in [-0.39, 0.29) is 11.9 Å². The summed E-state index contributed by atoms with van der Waals surface area (Å²) in [5.74, 6) is 0.416. The molecular weight excluding hydrogens is 418 g/mol. The fourth-order valence-electron chi connectivity index (χ4n) is 4.69. The molecule has 0 aliphatic carbocycles. The number of hydrogen-bond donors (Lipinski definition) is 0. The van der Waals surface area contributed by atoms with Gasteiger partial charge >= 0.3 is 6.03 Å². The summed E-state index contributed by atoms with van der Waals surface area (Å²) in [5, 5.41) is 0. The molecule has 2 aliphatic rings. The monoisotopic (exact) mass is 443 g/mol. The molecule has 0 bridgehead atoms. The minimum Gasteiger partial charge on any atom is -0.338 e. The van der Waals surface area contributed by atoms with Crippen LogP contribution in [-0.2, 0) is 29.1 Å². The molecule has 33 heavy (non-hydrogen) atoms. The second kappa shape index (κ2) is 8.90. The van der Waals surface area contributed by atoms with Crippen molar-refractivity contribution in [3.05, 3.63) is 83.7 Å². The number of urea groups is 1. The van der Waals surface area contributed by atoms with Crippen molar-refractivity contribution in [2.45, 2.75) is 32.0 Å². The minimum atomic E-state index is -0.415. The van der Waals surface area contributed by atoms with E-state index in [1.54, 1.807) is 17.3 Å². The number of fused-ring (bicyclic) bond motifs is 2. The summed E-state index contributed by atoms with van der Waals surface area (Å²) >= 11 is 0. The van der Waals surface area contributed by atoms with E-state index in [2.05, 4.69) is 4.98 Å². The standard InChI is InChI=1S/C25H25N5O3/c31-18-28-14-11-26-24(28)27(16-19-7-2-1-3-8-19)12-6-13-29-23(32)22-15-20-9-4-5-10-21(20)17-30(22)25(29)33/h1-5,7-11,14,18,22H,6,12-13,15-17H2/t22-/m0/s1. The molecule has 0 saturated carbocycles. The van der Waals surface area contributed by atoms with Crippen LogP contribution >= 0.6 is 0 Å².